The Hall–Kier alpha value is -2.42. The van der Waals surface area contributed by atoms with Crippen LogP contribution in [0.5, 0.6) is 0 Å². The molecule has 3 nitrogen and oxygen atoms in total. The average molecular weight is 235 g/mol. The summed E-state index contributed by atoms with van der Waals surface area (Å²) in [4.78, 5) is 0. The number of aryl methyl sites for hydroxylation is 1. The van der Waals surface area contributed by atoms with Gasteiger partial charge in [-0.05, 0) is 0 Å². The van der Waals surface area contributed by atoms with Gasteiger partial charge >= 0.3 is 0 Å². The van der Waals surface area contributed by atoms with E-state index in [0.29, 0.717) is 0 Å². The van der Waals surface area contributed by atoms with E-state index in [-0.39, 0.29) is 0 Å². The standard InChI is InChI=1S/C15H13N3/c1-18-15(13-10-6-3-7-11-13)14(16-17-18)12-8-4-2-5-9-12/h2-11H,1H3. The summed E-state index contributed by atoms with van der Waals surface area (Å²) in [6.07, 6.45) is 0. The van der Waals surface area contributed by atoms with Gasteiger partial charge in [-0.25, -0.2) is 4.68 Å². The second-order valence-electron chi connectivity index (χ2n) is 4.14. The molecule has 1 heterocycles. The lowest BCUT2D eigenvalue weighted by Gasteiger charge is -2.04. The molecule has 18 heavy (non-hydrogen) atoms. The molecule has 0 bridgehead atoms. The summed E-state index contributed by atoms with van der Waals surface area (Å²) in [5.74, 6) is 0. The molecule has 0 aliphatic rings. The first-order valence-corrected chi connectivity index (χ1v) is 5.87. The molecular formula is C15H13N3. The van der Waals surface area contributed by atoms with Gasteiger partial charge in [0.25, 0.3) is 0 Å². The molecule has 0 saturated heterocycles. The van der Waals surface area contributed by atoms with Crippen molar-refractivity contribution in [2.45, 2.75) is 0 Å². The van der Waals surface area contributed by atoms with Crippen molar-refractivity contribution in [2.75, 3.05) is 0 Å². The van der Waals surface area contributed by atoms with Crippen LogP contribution in [0.2, 0.25) is 0 Å². The summed E-state index contributed by atoms with van der Waals surface area (Å²) >= 11 is 0. The van der Waals surface area contributed by atoms with E-state index >= 15 is 0 Å². The zero-order valence-electron chi connectivity index (χ0n) is 10.1. The van der Waals surface area contributed by atoms with Crippen LogP contribution in [0.15, 0.2) is 60.7 Å². The van der Waals surface area contributed by atoms with Gasteiger partial charge in [0.1, 0.15) is 5.69 Å². The van der Waals surface area contributed by atoms with Crippen molar-refractivity contribution in [1.29, 1.82) is 0 Å². The Morgan fingerprint density at radius 1 is 0.778 bits per heavy atom. The Balaban J connectivity index is 2.19. The third-order valence-corrected chi connectivity index (χ3v) is 2.92. The van der Waals surface area contributed by atoms with Crippen LogP contribution >= 0.6 is 0 Å². The summed E-state index contributed by atoms with van der Waals surface area (Å²) in [5, 5.41) is 8.41. The molecule has 0 aliphatic heterocycles. The van der Waals surface area contributed by atoms with Crippen LogP contribution in [-0.4, -0.2) is 15.0 Å². The minimum Gasteiger partial charge on any atom is -0.247 e. The Morgan fingerprint density at radius 3 is 1.94 bits per heavy atom. The van der Waals surface area contributed by atoms with Crippen molar-refractivity contribution in [1.82, 2.24) is 15.0 Å². The molecule has 0 aliphatic carbocycles. The third kappa shape index (κ3) is 1.80. The highest BCUT2D eigenvalue weighted by Crippen LogP contribution is 2.29. The second-order valence-corrected chi connectivity index (χ2v) is 4.14. The number of rotatable bonds is 2. The fraction of sp³-hybridized carbons (Fsp3) is 0.0667. The summed E-state index contributed by atoms with van der Waals surface area (Å²) < 4.78 is 1.82. The van der Waals surface area contributed by atoms with E-state index in [1.54, 1.807) is 0 Å². The molecule has 0 saturated carbocycles. The van der Waals surface area contributed by atoms with Gasteiger partial charge in [0, 0.05) is 18.2 Å². The summed E-state index contributed by atoms with van der Waals surface area (Å²) in [5.41, 5.74) is 4.18. The average Bonchev–Trinajstić information content (AvgIpc) is 2.83. The maximum atomic E-state index is 4.28. The van der Waals surface area contributed by atoms with Crippen LogP contribution in [0.4, 0.5) is 0 Å². The molecule has 3 heteroatoms. The highest BCUT2D eigenvalue weighted by atomic mass is 15.4. The first-order chi connectivity index (χ1) is 8.86. The molecule has 3 rings (SSSR count). The summed E-state index contributed by atoms with van der Waals surface area (Å²) in [6.45, 7) is 0. The molecule has 3 aromatic rings. The van der Waals surface area contributed by atoms with Gasteiger partial charge in [-0.1, -0.05) is 65.9 Å². The van der Waals surface area contributed by atoms with Crippen molar-refractivity contribution in [3.05, 3.63) is 60.7 Å². The van der Waals surface area contributed by atoms with E-state index in [0.717, 1.165) is 22.5 Å². The van der Waals surface area contributed by atoms with Crippen molar-refractivity contribution < 1.29 is 0 Å². The van der Waals surface area contributed by atoms with Gasteiger partial charge in [-0.15, -0.1) is 5.10 Å². The minimum atomic E-state index is 0.921. The van der Waals surface area contributed by atoms with Gasteiger partial charge in [0.2, 0.25) is 0 Å². The number of hydrogen-bond acceptors (Lipinski definition) is 2. The Morgan fingerprint density at radius 2 is 1.33 bits per heavy atom. The summed E-state index contributed by atoms with van der Waals surface area (Å²) in [6, 6.07) is 20.3. The lowest BCUT2D eigenvalue weighted by atomic mass is 10.1. The van der Waals surface area contributed by atoms with E-state index in [2.05, 4.69) is 34.6 Å². The minimum absolute atomic E-state index is 0.921. The van der Waals surface area contributed by atoms with Gasteiger partial charge in [-0.2, -0.15) is 0 Å². The first-order valence-electron chi connectivity index (χ1n) is 5.87. The fourth-order valence-electron chi connectivity index (χ4n) is 2.07. The number of hydrogen-bond donors (Lipinski definition) is 0. The largest absolute Gasteiger partial charge is 0.247 e. The zero-order valence-corrected chi connectivity index (χ0v) is 10.1. The monoisotopic (exact) mass is 235 g/mol. The predicted octanol–water partition coefficient (Wildman–Crippen LogP) is 3.15. The molecule has 0 radical (unpaired) electrons. The normalized spacial score (nSPS) is 10.5. The topological polar surface area (TPSA) is 30.7 Å². The van der Waals surface area contributed by atoms with Gasteiger partial charge in [-0.3, -0.25) is 0 Å². The SMILES string of the molecule is Cn1nnc(-c2ccccc2)c1-c1ccccc1. The second kappa shape index (κ2) is 4.45. The van der Waals surface area contributed by atoms with E-state index < -0.39 is 0 Å². The quantitative estimate of drug-likeness (QED) is 0.683. The Kier molecular flexibility index (Phi) is 2.65. The fourth-order valence-corrected chi connectivity index (χ4v) is 2.07. The molecule has 0 unspecified atom stereocenters. The van der Waals surface area contributed by atoms with E-state index in [4.69, 9.17) is 0 Å². The molecule has 0 atom stereocenters. The number of benzene rings is 2. The lowest BCUT2D eigenvalue weighted by Crippen LogP contribution is -1.94. The van der Waals surface area contributed by atoms with Crippen LogP contribution in [0, 0.1) is 0 Å². The maximum absolute atomic E-state index is 4.28. The molecule has 1 aromatic heterocycles. The van der Waals surface area contributed by atoms with Crippen molar-refractivity contribution in [3.8, 4) is 22.5 Å². The molecule has 0 amide bonds. The Bertz CT molecular complexity index is 642. The van der Waals surface area contributed by atoms with E-state index in [1.165, 1.54) is 0 Å². The zero-order chi connectivity index (χ0) is 12.4. The van der Waals surface area contributed by atoms with Crippen LogP contribution in [0.3, 0.4) is 0 Å². The third-order valence-electron chi connectivity index (χ3n) is 2.92. The van der Waals surface area contributed by atoms with E-state index in [9.17, 15) is 0 Å². The van der Waals surface area contributed by atoms with E-state index in [1.807, 2.05) is 48.1 Å². The lowest BCUT2D eigenvalue weighted by molar-refractivity contribution is 0.721. The van der Waals surface area contributed by atoms with Crippen molar-refractivity contribution >= 4 is 0 Å². The maximum Gasteiger partial charge on any atom is 0.121 e. The highest BCUT2D eigenvalue weighted by molar-refractivity contribution is 5.77. The molecule has 0 fully saturated rings. The van der Waals surface area contributed by atoms with Gasteiger partial charge < -0.3 is 0 Å². The first kappa shape index (κ1) is 10.7. The highest BCUT2D eigenvalue weighted by Gasteiger charge is 2.13. The molecule has 88 valence electrons. The number of nitrogens with zero attached hydrogens (tertiary/aromatic N) is 3. The molecule has 0 spiro atoms. The Labute approximate surface area is 106 Å². The van der Waals surface area contributed by atoms with Crippen LogP contribution in [0.1, 0.15) is 0 Å². The smallest absolute Gasteiger partial charge is 0.121 e. The van der Waals surface area contributed by atoms with Crippen molar-refractivity contribution in [3.63, 3.8) is 0 Å². The number of aromatic nitrogens is 3. The van der Waals surface area contributed by atoms with Crippen LogP contribution in [-0.2, 0) is 7.05 Å². The summed E-state index contributed by atoms with van der Waals surface area (Å²) in [7, 11) is 1.92. The van der Waals surface area contributed by atoms with Gasteiger partial charge in [0.15, 0.2) is 0 Å². The van der Waals surface area contributed by atoms with Crippen LogP contribution in [0.25, 0.3) is 22.5 Å². The molecule has 0 N–H and O–H groups in total. The molecular weight excluding hydrogens is 222 g/mol. The van der Waals surface area contributed by atoms with Gasteiger partial charge in [0.05, 0.1) is 5.69 Å². The molecule has 2 aromatic carbocycles. The predicted molar refractivity (Wildman–Crippen MR) is 71.9 cm³/mol. The van der Waals surface area contributed by atoms with Crippen LogP contribution < -0.4 is 0 Å². The van der Waals surface area contributed by atoms with Crippen molar-refractivity contribution in [2.24, 2.45) is 7.05 Å².